The van der Waals surface area contributed by atoms with Gasteiger partial charge in [-0.1, -0.05) is 12.1 Å². The Morgan fingerprint density at radius 1 is 1.32 bits per heavy atom. The molecular weight excluding hydrogens is 285 g/mol. The molecule has 0 bridgehead atoms. The molecule has 22 heavy (non-hydrogen) atoms. The third kappa shape index (κ3) is 2.30. The van der Waals surface area contributed by atoms with E-state index in [1.165, 1.54) is 12.1 Å². The highest BCUT2D eigenvalue weighted by Crippen LogP contribution is 2.31. The fourth-order valence-corrected chi connectivity index (χ4v) is 2.51. The molecule has 0 aliphatic heterocycles. The number of aromatic carboxylic acids is 1. The molecule has 0 aliphatic carbocycles. The number of hydrogen-bond acceptors (Lipinski definition) is 2. The molecule has 0 amide bonds. The molecule has 1 aromatic carbocycles. The number of carboxylic acids is 1. The zero-order valence-electron chi connectivity index (χ0n) is 11.9. The summed E-state index contributed by atoms with van der Waals surface area (Å²) in [6, 6.07) is 9.77. The van der Waals surface area contributed by atoms with Gasteiger partial charge in [0.25, 0.3) is 0 Å². The van der Waals surface area contributed by atoms with Gasteiger partial charge in [0.15, 0.2) is 11.6 Å². The van der Waals surface area contributed by atoms with E-state index in [0.717, 1.165) is 0 Å². The van der Waals surface area contributed by atoms with Crippen LogP contribution in [0.3, 0.4) is 0 Å². The number of halogens is 1. The van der Waals surface area contributed by atoms with E-state index in [2.05, 4.69) is 0 Å². The predicted octanol–water partition coefficient (Wildman–Crippen LogP) is 3.84. The second-order valence-corrected chi connectivity index (χ2v) is 4.79. The Hall–Kier alpha value is -2.82. The van der Waals surface area contributed by atoms with E-state index in [-0.39, 0.29) is 11.3 Å². The van der Waals surface area contributed by atoms with E-state index in [4.69, 9.17) is 4.74 Å². The second kappa shape index (κ2) is 5.52. The zero-order valence-corrected chi connectivity index (χ0v) is 11.9. The lowest BCUT2D eigenvalue weighted by molar-refractivity contribution is 0.0700. The van der Waals surface area contributed by atoms with Crippen LogP contribution < -0.4 is 4.74 Å². The summed E-state index contributed by atoms with van der Waals surface area (Å²) in [6.07, 6.45) is 3.45. The molecule has 3 aromatic rings. The molecule has 0 saturated heterocycles. The van der Waals surface area contributed by atoms with Crippen LogP contribution in [-0.4, -0.2) is 22.1 Å². The maximum Gasteiger partial charge on any atom is 0.338 e. The van der Waals surface area contributed by atoms with Crippen LogP contribution in [0, 0.1) is 5.82 Å². The van der Waals surface area contributed by atoms with Crippen molar-refractivity contribution in [2.45, 2.75) is 6.92 Å². The molecule has 3 rings (SSSR count). The van der Waals surface area contributed by atoms with Gasteiger partial charge < -0.3 is 14.2 Å². The minimum atomic E-state index is -1.04. The summed E-state index contributed by atoms with van der Waals surface area (Å²) >= 11 is 0. The van der Waals surface area contributed by atoms with Crippen molar-refractivity contribution < 1.29 is 19.0 Å². The van der Waals surface area contributed by atoms with Crippen molar-refractivity contribution in [1.29, 1.82) is 0 Å². The fourth-order valence-electron chi connectivity index (χ4n) is 2.51. The third-order valence-electron chi connectivity index (χ3n) is 3.44. The van der Waals surface area contributed by atoms with E-state index in [1.54, 1.807) is 48.0 Å². The lowest BCUT2D eigenvalue weighted by Crippen LogP contribution is -1.98. The number of benzene rings is 1. The van der Waals surface area contributed by atoms with Gasteiger partial charge in [-0.25, -0.2) is 9.18 Å². The van der Waals surface area contributed by atoms with Crippen LogP contribution in [0.5, 0.6) is 5.75 Å². The van der Waals surface area contributed by atoms with E-state index < -0.39 is 11.8 Å². The molecular formula is C17H14FNO3. The summed E-state index contributed by atoms with van der Waals surface area (Å²) in [4.78, 5) is 11.6. The quantitative estimate of drug-likeness (QED) is 0.796. The van der Waals surface area contributed by atoms with Gasteiger partial charge in [0.2, 0.25) is 0 Å². The van der Waals surface area contributed by atoms with Gasteiger partial charge in [0.05, 0.1) is 17.7 Å². The highest BCUT2D eigenvalue weighted by atomic mass is 19.1. The summed E-state index contributed by atoms with van der Waals surface area (Å²) in [5.41, 5.74) is 1.70. The first-order valence-corrected chi connectivity index (χ1v) is 6.87. The zero-order chi connectivity index (χ0) is 15.7. The lowest BCUT2D eigenvalue weighted by atomic mass is 10.0. The lowest BCUT2D eigenvalue weighted by Gasteiger charge is -2.06. The first kappa shape index (κ1) is 14.1. The van der Waals surface area contributed by atoms with Gasteiger partial charge in [-0.2, -0.15) is 0 Å². The van der Waals surface area contributed by atoms with Crippen LogP contribution in [0.25, 0.3) is 16.6 Å². The van der Waals surface area contributed by atoms with Crippen molar-refractivity contribution in [1.82, 2.24) is 4.40 Å². The second-order valence-electron chi connectivity index (χ2n) is 4.79. The van der Waals surface area contributed by atoms with Crippen LogP contribution in [0.1, 0.15) is 17.3 Å². The van der Waals surface area contributed by atoms with Crippen LogP contribution in [0.15, 0.2) is 48.8 Å². The third-order valence-corrected chi connectivity index (χ3v) is 3.44. The van der Waals surface area contributed by atoms with E-state index in [0.29, 0.717) is 23.3 Å². The minimum absolute atomic E-state index is 0.157. The Labute approximate surface area is 126 Å². The number of nitrogens with zero attached hydrogens (tertiary/aromatic N) is 1. The van der Waals surface area contributed by atoms with Crippen molar-refractivity contribution in [3.8, 4) is 16.9 Å². The van der Waals surface area contributed by atoms with Crippen molar-refractivity contribution in [2.24, 2.45) is 0 Å². The minimum Gasteiger partial charge on any atom is -0.491 e. The van der Waals surface area contributed by atoms with Crippen molar-refractivity contribution in [3.63, 3.8) is 0 Å². The van der Waals surface area contributed by atoms with Gasteiger partial charge in [0, 0.05) is 18.0 Å². The van der Waals surface area contributed by atoms with Crippen molar-refractivity contribution in [2.75, 3.05) is 6.61 Å². The average Bonchev–Trinajstić information content (AvgIpc) is 2.89. The Morgan fingerprint density at radius 2 is 2.14 bits per heavy atom. The molecule has 1 N–H and O–H groups in total. The van der Waals surface area contributed by atoms with E-state index in [9.17, 15) is 14.3 Å². The number of aromatic nitrogens is 1. The Bertz CT molecular complexity index is 854. The molecule has 0 fully saturated rings. The molecule has 0 radical (unpaired) electrons. The SMILES string of the molecule is CCOc1ccc(-c2cn3ccccc3c2C(=O)O)cc1F. The van der Waals surface area contributed by atoms with Gasteiger partial charge in [-0.05, 0) is 36.8 Å². The summed E-state index contributed by atoms with van der Waals surface area (Å²) in [7, 11) is 0. The van der Waals surface area contributed by atoms with E-state index in [1.807, 2.05) is 0 Å². The van der Waals surface area contributed by atoms with Crippen LogP contribution in [0.4, 0.5) is 4.39 Å². The topological polar surface area (TPSA) is 50.9 Å². The first-order chi connectivity index (χ1) is 10.6. The normalized spacial score (nSPS) is 10.8. The molecule has 0 aliphatic rings. The van der Waals surface area contributed by atoms with Gasteiger partial charge in [-0.15, -0.1) is 0 Å². The number of hydrogen-bond donors (Lipinski definition) is 1. The number of carbonyl (C=O) groups is 1. The number of pyridine rings is 1. The van der Waals surface area contributed by atoms with Crippen LogP contribution >= 0.6 is 0 Å². The highest BCUT2D eigenvalue weighted by Gasteiger charge is 2.19. The fraction of sp³-hybridized carbons (Fsp3) is 0.118. The summed E-state index contributed by atoms with van der Waals surface area (Å²) in [5.74, 6) is -1.39. The Kier molecular flexibility index (Phi) is 3.55. The summed E-state index contributed by atoms with van der Waals surface area (Å²) < 4.78 is 20.9. The summed E-state index contributed by atoms with van der Waals surface area (Å²) in [6.45, 7) is 2.14. The van der Waals surface area contributed by atoms with Crippen LogP contribution in [0.2, 0.25) is 0 Å². The number of fused-ring (bicyclic) bond motifs is 1. The molecule has 0 spiro atoms. The molecule has 2 heterocycles. The molecule has 0 atom stereocenters. The van der Waals surface area contributed by atoms with Gasteiger partial charge in [-0.3, -0.25) is 0 Å². The largest absolute Gasteiger partial charge is 0.491 e. The Balaban J connectivity index is 2.19. The first-order valence-electron chi connectivity index (χ1n) is 6.87. The number of carboxylic acid groups (broad SMARTS) is 1. The van der Waals surface area contributed by atoms with Crippen molar-refractivity contribution in [3.05, 3.63) is 60.2 Å². The molecule has 5 heteroatoms. The number of rotatable bonds is 4. The Morgan fingerprint density at radius 3 is 2.82 bits per heavy atom. The van der Waals surface area contributed by atoms with Crippen LogP contribution in [-0.2, 0) is 0 Å². The number of ether oxygens (including phenoxy) is 1. The van der Waals surface area contributed by atoms with Gasteiger partial charge in [0.1, 0.15) is 0 Å². The van der Waals surface area contributed by atoms with E-state index >= 15 is 0 Å². The molecule has 4 nitrogen and oxygen atoms in total. The smallest absolute Gasteiger partial charge is 0.338 e. The maximum absolute atomic E-state index is 14.0. The highest BCUT2D eigenvalue weighted by molar-refractivity contribution is 6.03. The standard InChI is InChI=1S/C17H14FNO3/c1-2-22-15-7-6-11(9-13(15)18)12-10-19-8-4-3-5-14(19)16(12)17(20)21/h3-10H,2H2,1H3,(H,20,21). The maximum atomic E-state index is 14.0. The average molecular weight is 299 g/mol. The monoisotopic (exact) mass is 299 g/mol. The van der Waals surface area contributed by atoms with Crippen molar-refractivity contribution >= 4 is 11.5 Å². The molecule has 0 saturated carbocycles. The summed E-state index contributed by atoms with van der Waals surface area (Å²) in [5, 5.41) is 9.49. The predicted molar refractivity (Wildman–Crippen MR) is 80.9 cm³/mol. The molecule has 0 unspecified atom stereocenters. The molecule has 2 aromatic heterocycles. The van der Waals surface area contributed by atoms with Gasteiger partial charge >= 0.3 is 5.97 Å². The molecule has 112 valence electrons.